The highest BCUT2D eigenvalue weighted by molar-refractivity contribution is 6.11. The molecule has 0 bridgehead atoms. The van der Waals surface area contributed by atoms with Crippen molar-refractivity contribution in [3.05, 3.63) is 10.4 Å². The first-order chi connectivity index (χ1) is 6.57. The Hall–Kier alpha value is -0.785. The van der Waals surface area contributed by atoms with Crippen molar-refractivity contribution in [1.82, 2.24) is 0 Å². The van der Waals surface area contributed by atoms with Gasteiger partial charge in [-0.1, -0.05) is 5.11 Å². The van der Waals surface area contributed by atoms with E-state index in [4.69, 9.17) is 22.9 Å². The van der Waals surface area contributed by atoms with Gasteiger partial charge in [-0.25, -0.2) is 0 Å². The Morgan fingerprint density at radius 2 is 2.36 bits per heavy atom. The van der Waals surface area contributed by atoms with Gasteiger partial charge < -0.3 is 19.7 Å². The first-order valence-electron chi connectivity index (χ1n) is 3.92. The van der Waals surface area contributed by atoms with Gasteiger partial charge in [-0.2, -0.15) is 0 Å². The molecule has 2 radical (unpaired) electrons. The van der Waals surface area contributed by atoms with Gasteiger partial charge >= 0.3 is 0 Å². The molecule has 1 heterocycles. The molecule has 0 amide bonds. The zero-order valence-electron chi connectivity index (χ0n) is 7.57. The first kappa shape index (κ1) is 11.3. The SMILES string of the molecule is [B][C@@H]1O[C@@](COC)(N=[N+]=[N-])C(O)[C@@H]1O. The number of rotatable bonds is 3. The van der Waals surface area contributed by atoms with E-state index in [1.54, 1.807) is 0 Å². The summed E-state index contributed by atoms with van der Waals surface area (Å²) in [6.45, 7) is -0.178. The highest BCUT2D eigenvalue weighted by Crippen LogP contribution is 2.31. The van der Waals surface area contributed by atoms with E-state index in [-0.39, 0.29) is 6.61 Å². The number of nitrogens with zero attached hydrogens (tertiary/aromatic N) is 3. The fraction of sp³-hybridized carbons (Fsp3) is 1.00. The number of aliphatic hydroxyl groups is 2. The molecular formula is C6H10BN3O4. The molecule has 2 N–H and O–H groups in total. The molecule has 14 heavy (non-hydrogen) atoms. The molecule has 0 aromatic heterocycles. The first-order valence-corrected chi connectivity index (χ1v) is 3.92. The minimum Gasteiger partial charge on any atom is -0.388 e. The van der Waals surface area contributed by atoms with Gasteiger partial charge in [-0.15, -0.1) is 0 Å². The van der Waals surface area contributed by atoms with Crippen molar-refractivity contribution in [3.63, 3.8) is 0 Å². The Morgan fingerprint density at radius 3 is 2.71 bits per heavy atom. The van der Waals surface area contributed by atoms with Crippen molar-refractivity contribution >= 4 is 7.85 Å². The molecule has 1 saturated heterocycles. The van der Waals surface area contributed by atoms with Crippen LogP contribution in [0.2, 0.25) is 0 Å². The molecule has 0 aliphatic carbocycles. The number of ether oxygens (including phenoxy) is 2. The van der Waals surface area contributed by atoms with Crippen molar-refractivity contribution in [1.29, 1.82) is 0 Å². The van der Waals surface area contributed by atoms with Crippen LogP contribution in [-0.4, -0.2) is 55.7 Å². The Balaban J connectivity index is 2.93. The van der Waals surface area contributed by atoms with E-state index in [9.17, 15) is 10.2 Å². The van der Waals surface area contributed by atoms with E-state index in [0.717, 1.165) is 0 Å². The van der Waals surface area contributed by atoms with Crippen LogP contribution in [0.4, 0.5) is 0 Å². The molecule has 0 aromatic rings. The maximum absolute atomic E-state index is 9.54. The third kappa shape index (κ3) is 1.70. The molecule has 1 rings (SSSR count). The quantitative estimate of drug-likeness (QED) is 0.260. The monoisotopic (exact) mass is 199 g/mol. The van der Waals surface area contributed by atoms with Crippen molar-refractivity contribution in [3.8, 4) is 0 Å². The molecule has 4 atom stereocenters. The Bertz CT molecular complexity index is 259. The Morgan fingerprint density at radius 1 is 1.71 bits per heavy atom. The van der Waals surface area contributed by atoms with Gasteiger partial charge in [-0.05, 0) is 5.53 Å². The average molecular weight is 199 g/mol. The van der Waals surface area contributed by atoms with Gasteiger partial charge in [-0.3, -0.25) is 0 Å². The largest absolute Gasteiger partial charge is 0.388 e. The van der Waals surface area contributed by atoms with Crippen LogP contribution in [0.15, 0.2) is 5.11 Å². The van der Waals surface area contributed by atoms with Gasteiger partial charge in [0.05, 0.1) is 6.61 Å². The predicted molar refractivity (Wildman–Crippen MR) is 46.4 cm³/mol. The topological polar surface area (TPSA) is 108 Å². The van der Waals surface area contributed by atoms with Crippen LogP contribution < -0.4 is 0 Å². The zero-order valence-corrected chi connectivity index (χ0v) is 7.57. The van der Waals surface area contributed by atoms with E-state index >= 15 is 0 Å². The van der Waals surface area contributed by atoms with Crippen molar-refractivity contribution in [2.75, 3.05) is 13.7 Å². The highest BCUT2D eigenvalue weighted by Gasteiger charge is 2.52. The van der Waals surface area contributed by atoms with Crippen molar-refractivity contribution in [2.45, 2.75) is 23.9 Å². The van der Waals surface area contributed by atoms with Crippen LogP contribution in [0, 0.1) is 0 Å². The summed E-state index contributed by atoms with van der Waals surface area (Å²) in [5.41, 5.74) is 6.66. The van der Waals surface area contributed by atoms with E-state index in [0.29, 0.717) is 0 Å². The second-order valence-corrected chi connectivity index (χ2v) is 2.99. The number of aliphatic hydroxyl groups excluding tert-OH is 2. The molecule has 0 aromatic carbocycles. The lowest BCUT2D eigenvalue weighted by molar-refractivity contribution is -0.103. The second-order valence-electron chi connectivity index (χ2n) is 2.99. The molecule has 1 aliphatic rings. The van der Waals surface area contributed by atoms with Crippen LogP contribution >= 0.6 is 0 Å². The third-order valence-electron chi connectivity index (χ3n) is 2.03. The van der Waals surface area contributed by atoms with Gasteiger partial charge in [0.2, 0.25) is 0 Å². The van der Waals surface area contributed by atoms with Gasteiger partial charge in [0, 0.05) is 18.0 Å². The van der Waals surface area contributed by atoms with Gasteiger partial charge in [0.15, 0.2) is 5.72 Å². The van der Waals surface area contributed by atoms with E-state index in [1.165, 1.54) is 7.11 Å². The number of azide groups is 1. The molecule has 0 spiro atoms. The highest BCUT2D eigenvalue weighted by atomic mass is 16.6. The summed E-state index contributed by atoms with van der Waals surface area (Å²) in [6, 6.07) is -1.09. The van der Waals surface area contributed by atoms with Gasteiger partial charge in [0.25, 0.3) is 0 Å². The smallest absolute Gasteiger partial charge is 0.197 e. The molecule has 0 saturated carbocycles. The van der Waals surface area contributed by atoms with E-state index in [2.05, 4.69) is 10.0 Å². The maximum Gasteiger partial charge on any atom is 0.197 e. The predicted octanol–water partition coefficient (Wildman–Crippen LogP) is -1.11. The summed E-state index contributed by atoms with van der Waals surface area (Å²) in [4.78, 5) is 2.52. The standard InChI is InChI=1S/C6H10BN3O4/c1-13-2-6(9-10-8)4(12)3(11)5(7)14-6/h3-5,11-12H,2H2,1H3/t3-,4?,5+,6+/m0/s1. The average Bonchev–Trinajstić information content (AvgIpc) is 2.33. The number of hydrogen-bond acceptors (Lipinski definition) is 5. The molecule has 1 unspecified atom stereocenters. The number of hydrogen-bond donors (Lipinski definition) is 2. The lowest BCUT2D eigenvalue weighted by Crippen LogP contribution is -2.44. The van der Waals surface area contributed by atoms with Crippen LogP contribution in [0.1, 0.15) is 0 Å². The Labute approximate surface area is 81.7 Å². The second kappa shape index (κ2) is 4.16. The fourth-order valence-corrected chi connectivity index (χ4v) is 1.34. The molecule has 8 heteroatoms. The van der Waals surface area contributed by atoms with Crippen molar-refractivity contribution < 1.29 is 19.7 Å². The fourth-order valence-electron chi connectivity index (χ4n) is 1.34. The summed E-state index contributed by atoms with van der Waals surface area (Å²) >= 11 is 0. The van der Waals surface area contributed by atoms with Crippen LogP contribution in [0.25, 0.3) is 10.4 Å². The molecule has 76 valence electrons. The van der Waals surface area contributed by atoms with E-state index in [1.807, 2.05) is 0 Å². The molecule has 7 nitrogen and oxygen atoms in total. The van der Waals surface area contributed by atoms with Crippen LogP contribution in [0.5, 0.6) is 0 Å². The normalized spacial score (nSPS) is 42.1. The summed E-state index contributed by atoms with van der Waals surface area (Å²) in [5, 5.41) is 22.1. The lowest BCUT2D eigenvalue weighted by atomic mass is 9.92. The molecule has 1 fully saturated rings. The van der Waals surface area contributed by atoms with Gasteiger partial charge in [0.1, 0.15) is 20.1 Å². The summed E-state index contributed by atoms with van der Waals surface area (Å²) in [6.07, 6.45) is -2.69. The third-order valence-corrected chi connectivity index (χ3v) is 2.03. The Kier molecular flexibility index (Phi) is 3.36. The summed E-state index contributed by atoms with van der Waals surface area (Å²) in [5.74, 6) is 0. The van der Waals surface area contributed by atoms with Crippen molar-refractivity contribution in [2.24, 2.45) is 5.11 Å². The summed E-state index contributed by atoms with van der Waals surface area (Å²) in [7, 11) is 6.68. The van der Waals surface area contributed by atoms with E-state index < -0.39 is 23.9 Å². The minimum absolute atomic E-state index is 0.178. The maximum atomic E-state index is 9.54. The zero-order chi connectivity index (χ0) is 10.8. The molecular weight excluding hydrogens is 189 g/mol. The molecule has 1 aliphatic heterocycles. The van der Waals surface area contributed by atoms with Crippen LogP contribution in [0.3, 0.4) is 0 Å². The minimum atomic E-state index is -1.64. The van der Waals surface area contributed by atoms with Crippen LogP contribution in [-0.2, 0) is 9.47 Å². The summed E-state index contributed by atoms with van der Waals surface area (Å²) < 4.78 is 9.72. The lowest BCUT2D eigenvalue weighted by Gasteiger charge is -2.25. The number of methoxy groups -OCH3 is 1.